The zero-order valence-corrected chi connectivity index (χ0v) is 19.1. The molecule has 0 radical (unpaired) electrons. The van der Waals surface area contributed by atoms with E-state index in [0.29, 0.717) is 37.6 Å². The molecule has 1 aromatic heterocycles. The van der Waals surface area contributed by atoms with Gasteiger partial charge in [-0.2, -0.15) is 0 Å². The molecule has 1 unspecified atom stereocenters. The van der Waals surface area contributed by atoms with Crippen LogP contribution < -0.4 is 14.8 Å². The van der Waals surface area contributed by atoms with E-state index in [-0.39, 0.29) is 24.2 Å². The molecule has 1 aliphatic heterocycles. The number of amides is 2. The molecule has 8 nitrogen and oxygen atoms in total. The van der Waals surface area contributed by atoms with Gasteiger partial charge >= 0.3 is 0 Å². The molecule has 0 spiro atoms. The number of rotatable bonds is 10. The van der Waals surface area contributed by atoms with Crippen molar-refractivity contribution in [2.45, 2.75) is 25.7 Å². The van der Waals surface area contributed by atoms with Crippen LogP contribution in [0.15, 0.2) is 42.5 Å². The maximum absolute atomic E-state index is 12.6. The maximum atomic E-state index is 12.6. The second-order valence-corrected chi connectivity index (χ2v) is 8.28. The smallest absolute Gasteiger partial charge is 0.225 e. The Balaban J connectivity index is 1.21. The number of hydrogen-bond acceptors (Lipinski definition) is 5. The van der Waals surface area contributed by atoms with Gasteiger partial charge in [0.15, 0.2) is 11.5 Å². The Morgan fingerprint density at radius 3 is 2.76 bits per heavy atom. The number of para-hydroxylation sites is 2. The lowest BCUT2D eigenvalue weighted by molar-refractivity contribution is -0.129. The minimum Gasteiger partial charge on any atom is -0.493 e. The molecule has 2 N–H and O–H groups in total. The van der Waals surface area contributed by atoms with E-state index >= 15 is 0 Å². The third-order valence-electron chi connectivity index (χ3n) is 6.03. The summed E-state index contributed by atoms with van der Waals surface area (Å²) in [5.41, 5.74) is 3.03. The molecule has 1 saturated heterocycles. The molecule has 33 heavy (non-hydrogen) atoms. The number of benzene rings is 2. The average molecular weight is 451 g/mol. The average Bonchev–Trinajstić information content (AvgIpc) is 3.42. The standard InChI is InChI=1S/C25H30N4O4/c1-32-21-10-9-17(14-22(21)33-2)11-13-29-16-18(15-24(29)30)25(31)26-12-5-8-23-27-19-6-3-4-7-20(19)28-23/h3-4,6-7,9-10,14,18H,5,8,11-13,15-16H2,1-2H3,(H,26,31)(H,27,28). The number of aromatic amines is 1. The fourth-order valence-electron chi connectivity index (χ4n) is 4.20. The van der Waals surface area contributed by atoms with Gasteiger partial charge in [0.1, 0.15) is 5.82 Å². The molecule has 2 heterocycles. The second-order valence-electron chi connectivity index (χ2n) is 8.28. The molecule has 2 aromatic carbocycles. The zero-order valence-electron chi connectivity index (χ0n) is 19.1. The van der Waals surface area contributed by atoms with Crippen LogP contribution in [0.3, 0.4) is 0 Å². The van der Waals surface area contributed by atoms with E-state index < -0.39 is 0 Å². The van der Waals surface area contributed by atoms with Gasteiger partial charge in [-0.05, 0) is 42.7 Å². The lowest BCUT2D eigenvalue weighted by Crippen LogP contribution is -2.34. The number of nitrogens with zero attached hydrogens (tertiary/aromatic N) is 2. The Labute approximate surface area is 193 Å². The van der Waals surface area contributed by atoms with Crippen molar-refractivity contribution in [3.8, 4) is 11.5 Å². The van der Waals surface area contributed by atoms with Gasteiger partial charge in [0.05, 0.1) is 31.2 Å². The fourth-order valence-corrected chi connectivity index (χ4v) is 4.20. The first-order valence-electron chi connectivity index (χ1n) is 11.3. The van der Waals surface area contributed by atoms with Gasteiger partial charge in [0.2, 0.25) is 11.8 Å². The summed E-state index contributed by atoms with van der Waals surface area (Å²) < 4.78 is 10.6. The van der Waals surface area contributed by atoms with Crippen LogP contribution in [0.1, 0.15) is 24.2 Å². The van der Waals surface area contributed by atoms with Gasteiger partial charge in [-0.15, -0.1) is 0 Å². The van der Waals surface area contributed by atoms with Crippen LogP contribution in [-0.4, -0.2) is 60.5 Å². The van der Waals surface area contributed by atoms with E-state index in [4.69, 9.17) is 9.47 Å². The van der Waals surface area contributed by atoms with Crippen LogP contribution in [0.2, 0.25) is 0 Å². The molecular weight excluding hydrogens is 420 g/mol. The number of likely N-dealkylation sites (tertiary alicyclic amines) is 1. The molecule has 174 valence electrons. The number of aromatic nitrogens is 2. The number of carbonyl (C=O) groups excluding carboxylic acids is 2. The zero-order chi connectivity index (χ0) is 23.2. The van der Waals surface area contributed by atoms with E-state index in [0.717, 1.165) is 35.3 Å². The number of imidazole rings is 1. The molecule has 1 aliphatic rings. The summed E-state index contributed by atoms with van der Waals surface area (Å²) in [6.07, 6.45) is 2.50. The van der Waals surface area contributed by atoms with Crippen molar-refractivity contribution in [1.82, 2.24) is 20.2 Å². The first-order valence-corrected chi connectivity index (χ1v) is 11.3. The van der Waals surface area contributed by atoms with Crippen molar-refractivity contribution in [2.24, 2.45) is 5.92 Å². The lowest BCUT2D eigenvalue weighted by atomic mass is 10.1. The summed E-state index contributed by atoms with van der Waals surface area (Å²) in [6, 6.07) is 13.7. The number of H-pyrrole nitrogens is 1. The number of aryl methyl sites for hydroxylation is 1. The van der Waals surface area contributed by atoms with E-state index in [2.05, 4.69) is 15.3 Å². The number of hydrogen-bond donors (Lipinski definition) is 2. The van der Waals surface area contributed by atoms with Crippen LogP contribution in [0, 0.1) is 5.92 Å². The third kappa shape index (κ3) is 5.45. The summed E-state index contributed by atoms with van der Waals surface area (Å²) in [5, 5.41) is 2.98. The molecule has 4 rings (SSSR count). The molecule has 1 atom stereocenters. The van der Waals surface area contributed by atoms with E-state index in [1.165, 1.54) is 0 Å². The Hall–Kier alpha value is -3.55. The van der Waals surface area contributed by atoms with Crippen LogP contribution >= 0.6 is 0 Å². The second kappa shape index (κ2) is 10.4. The molecule has 3 aromatic rings. The van der Waals surface area contributed by atoms with Gasteiger partial charge < -0.3 is 24.7 Å². The van der Waals surface area contributed by atoms with Crippen molar-refractivity contribution < 1.29 is 19.1 Å². The third-order valence-corrected chi connectivity index (χ3v) is 6.03. The monoisotopic (exact) mass is 450 g/mol. The maximum Gasteiger partial charge on any atom is 0.225 e. The number of carbonyl (C=O) groups is 2. The first-order chi connectivity index (χ1) is 16.1. The summed E-state index contributed by atoms with van der Waals surface area (Å²) in [7, 11) is 3.20. The lowest BCUT2D eigenvalue weighted by Gasteiger charge is -2.17. The normalized spacial score (nSPS) is 15.8. The quantitative estimate of drug-likeness (QED) is 0.463. The number of ether oxygens (including phenoxy) is 2. The van der Waals surface area contributed by atoms with Crippen molar-refractivity contribution >= 4 is 22.8 Å². The van der Waals surface area contributed by atoms with Crippen molar-refractivity contribution in [3.63, 3.8) is 0 Å². The first kappa shape index (κ1) is 22.6. The predicted octanol–water partition coefficient (Wildman–Crippen LogP) is 2.72. The molecular formula is C25H30N4O4. The number of methoxy groups -OCH3 is 2. The van der Waals surface area contributed by atoms with Gasteiger partial charge in [0, 0.05) is 32.5 Å². The Morgan fingerprint density at radius 1 is 1.15 bits per heavy atom. The van der Waals surface area contributed by atoms with E-state index in [1.54, 1.807) is 19.1 Å². The predicted molar refractivity (Wildman–Crippen MR) is 125 cm³/mol. The van der Waals surface area contributed by atoms with Gasteiger partial charge in [0.25, 0.3) is 0 Å². The summed E-state index contributed by atoms with van der Waals surface area (Å²) in [5.74, 6) is 1.94. The highest BCUT2D eigenvalue weighted by Crippen LogP contribution is 2.28. The highest BCUT2D eigenvalue weighted by atomic mass is 16.5. The minimum atomic E-state index is -0.297. The Bertz CT molecular complexity index is 1090. The van der Waals surface area contributed by atoms with Gasteiger partial charge in [-0.1, -0.05) is 18.2 Å². The molecule has 0 saturated carbocycles. The molecule has 8 heteroatoms. The number of nitrogens with one attached hydrogen (secondary N) is 2. The Kier molecular flexibility index (Phi) is 7.12. The van der Waals surface area contributed by atoms with E-state index in [1.807, 2.05) is 42.5 Å². The SMILES string of the molecule is COc1ccc(CCN2CC(C(=O)NCCCc3nc4ccccc4[nH]3)CC2=O)cc1OC. The highest BCUT2D eigenvalue weighted by molar-refractivity contribution is 5.89. The fraction of sp³-hybridized carbons (Fsp3) is 0.400. The summed E-state index contributed by atoms with van der Waals surface area (Å²) in [6.45, 7) is 1.60. The minimum absolute atomic E-state index is 0.0258. The van der Waals surface area contributed by atoms with Crippen LogP contribution in [-0.2, 0) is 22.4 Å². The van der Waals surface area contributed by atoms with Crippen molar-refractivity contribution in [3.05, 3.63) is 53.9 Å². The largest absolute Gasteiger partial charge is 0.493 e. The molecule has 2 amide bonds. The topological polar surface area (TPSA) is 96.5 Å². The molecule has 0 aliphatic carbocycles. The molecule has 1 fully saturated rings. The summed E-state index contributed by atoms with van der Waals surface area (Å²) >= 11 is 0. The summed E-state index contributed by atoms with van der Waals surface area (Å²) in [4.78, 5) is 34.6. The van der Waals surface area contributed by atoms with Crippen LogP contribution in [0.5, 0.6) is 11.5 Å². The van der Waals surface area contributed by atoms with Crippen molar-refractivity contribution in [1.29, 1.82) is 0 Å². The van der Waals surface area contributed by atoms with Crippen molar-refractivity contribution in [2.75, 3.05) is 33.9 Å². The Morgan fingerprint density at radius 2 is 1.97 bits per heavy atom. The molecule has 0 bridgehead atoms. The highest BCUT2D eigenvalue weighted by Gasteiger charge is 2.33. The van der Waals surface area contributed by atoms with Crippen LogP contribution in [0.25, 0.3) is 11.0 Å². The van der Waals surface area contributed by atoms with Crippen LogP contribution in [0.4, 0.5) is 0 Å². The van der Waals surface area contributed by atoms with Gasteiger partial charge in [-0.3, -0.25) is 9.59 Å². The van der Waals surface area contributed by atoms with E-state index in [9.17, 15) is 9.59 Å². The van der Waals surface area contributed by atoms with Gasteiger partial charge in [-0.25, -0.2) is 4.98 Å². The number of fused-ring (bicyclic) bond motifs is 1.